The molecule has 0 rings (SSSR count). The largest absolute Gasteiger partial charge is 0.480 e. The Morgan fingerprint density at radius 2 is 1.91 bits per heavy atom. The van der Waals surface area contributed by atoms with E-state index in [1.54, 1.807) is 14.0 Å². The van der Waals surface area contributed by atoms with Crippen LogP contribution in [-0.2, 0) is 4.79 Å². The molecule has 1 atom stereocenters. The predicted molar refractivity (Wildman–Crippen MR) is 37.5 cm³/mol. The third-order valence-electron chi connectivity index (χ3n) is 0.803. The van der Waals surface area contributed by atoms with Crippen molar-refractivity contribution in [2.45, 2.75) is 13.0 Å². The van der Waals surface area contributed by atoms with Crippen LogP contribution in [-0.4, -0.2) is 41.3 Å². The van der Waals surface area contributed by atoms with Crippen LogP contribution in [0, 0.1) is 4.91 Å². The van der Waals surface area contributed by atoms with Crippen molar-refractivity contribution in [2.24, 2.45) is 0 Å². The van der Waals surface area contributed by atoms with Crippen molar-refractivity contribution in [3.05, 3.63) is 4.91 Å². The van der Waals surface area contributed by atoms with Gasteiger partial charge < -0.3 is 10.4 Å². The topological polar surface area (TPSA) is 89.6 Å². The van der Waals surface area contributed by atoms with Crippen LogP contribution in [0.3, 0.4) is 0 Å². The number of nitrogens with zero attached hydrogens (tertiary/aromatic N) is 1. The minimum Gasteiger partial charge on any atom is -0.480 e. The van der Waals surface area contributed by atoms with Crippen molar-refractivity contribution in [1.29, 1.82) is 0 Å². The fourth-order valence-corrected chi connectivity index (χ4v) is 0.123. The molecule has 0 aliphatic rings. The van der Waals surface area contributed by atoms with Gasteiger partial charge in [0.15, 0.2) is 0 Å². The van der Waals surface area contributed by atoms with E-state index in [2.05, 4.69) is 5.32 Å². The molecule has 0 aromatic carbocycles. The molecule has 0 aromatic rings. The highest BCUT2D eigenvalue weighted by Crippen LogP contribution is 1.74. The van der Waals surface area contributed by atoms with Gasteiger partial charge in [-0.05, 0) is 14.0 Å². The molecule has 0 aliphatic carbocycles. The van der Waals surface area contributed by atoms with Crippen LogP contribution in [0.1, 0.15) is 6.92 Å². The number of carboxylic acid groups (broad SMARTS) is 1. The first kappa shape index (κ1) is 12.5. The monoisotopic (exact) mass is 165 g/mol. The van der Waals surface area contributed by atoms with Crippen LogP contribution >= 0.6 is 0 Å². The third-order valence-corrected chi connectivity index (χ3v) is 0.803. The van der Waals surface area contributed by atoms with E-state index in [0.29, 0.717) is 0 Å². The molecule has 0 spiro atoms. The Hall–Kier alpha value is -1.17. The van der Waals surface area contributed by atoms with Crippen LogP contribution in [0.4, 0.5) is 0 Å². The lowest BCUT2D eigenvalue weighted by Gasteiger charge is -1.99. The van der Waals surface area contributed by atoms with E-state index >= 15 is 0 Å². The van der Waals surface area contributed by atoms with Crippen molar-refractivity contribution < 1.29 is 20.0 Å². The number of carbonyl (C=O) groups is 1. The second kappa shape index (κ2) is 6.94. The summed E-state index contributed by atoms with van der Waals surface area (Å²) >= 11 is 0. The Morgan fingerprint density at radius 1 is 1.64 bits per heavy atom. The Kier molecular flexibility index (Phi) is 7.89. The van der Waals surface area contributed by atoms with Crippen LogP contribution in [0.15, 0.2) is 0 Å². The molecular weight excluding hydrogens is 152 g/mol. The second-order valence-electron chi connectivity index (χ2n) is 1.81. The summed E-state index contributed by atoms with van der Waals surface area (Å²) in [6.07, 6.45) is 0. The summed E-state index contributed by atoms with van der Waals surface area (Å²) in [5, 5.41) is 18.0. The number of nitrogens with one attached hydrogen (secondary N) is 1. The van der Waals surface area contributed by atoms with Crippen LogP contribution in [0.2, 0.25) is 0 Å². The first-order valence-electron chi connectivity index (χ1n) is 2.91. The smallest absolute Gasteiger partial charge is 0.320 e. The number of likely N-dealkylation sites (N-methyl/N-ethyl adjacent to an activating group) is 1. The van der Waals surface area contributed by atoms with Crippen LogP contribution < -0.4 is 5.32 Å². The summed E-state index contributed by atoms with van der Waals surface area (Å²) in [5.41, 5.74) is 0. The maximum Gasteiger partial charge on any atom is 0.320 e. The zero-order valence-electron chi connectivity index (χ0n) is 6.74. The van der Waals surface area contributed by atoms with Gasteiger partial charge in [0.25, 0.3) is 0 Å². The van der Waals surface area contributed by atoms with Gasteiger partial charge in [0.1, 0.15) is 6.04 Å². The number of aliphatic carboxylic acids is 1. The summed E-state index contributed by atoms with van der Waals surface area (Å²) in [4.78, 5) is 18.5. The van der Waals surface area contributed by atoms with E-state index in [0.717, 1.165) is 7.05 Å². The van der Waals surface area contributed by atoms with Gasteiger partial charge in [0.2, 0.25) is 12.0 Å². The maximum atomic E-state index is 9.87. The average Bonchev–Trinajstić information content (AvgIpc) is 1.85. The quantitative estimate of drug-likeness (QED) is 0.478. The fourth-order valence-electron chi connectivity index (χ4n) is 0.123. The highest BCUT2D eigenvalue weighted by atomic mass is 16.6. The lowest BCUT2D eigenvalue weighted by molar-refractivity contribution is -0.771. The average molecular weight is 165 g/mol. The van der Waals surface area contributed by atoms with Crippen molar-refractivity contribution in [1.82, 2.24) is 5.32 Å². The summed E-state index contributed by atoms with van der Waals surface area (Å²) in [6.45, 7) is 1.59. The molecule has 3 N–H and O–H groups in total. The lowest BCUT2D eigenvalue weighted by Crippen LogP contribution is -2.29. The van der Waals surface area contributed by atoms with Crippen molar-refractivity contribution in [3.63, 3.8) is 0 Å². The van der Waals surface area contributed by atoms with Crippen molar-refractivity contribution in [2.75, 3.05) is 14.1 Å². The van der Waals surface area contributed by atoms with Gasteiger partial charge in [-0.1, -0.05) is 0 Å². The molecule has 6 heteroatoms. The molecule has 11 heavy (non-hydrogen) atoms. The normalized spacial score (nSPS) is 10.8. The van der Waals surface area contributed by atoms with Gasteiger partial charge in [-0.15, -0.1) is 0 Å². The third kappa shape index (κ3) is 17.7. The summed E-state index contributed by atoms with van der Waals surface area (Å²) < 4.78 is 0. The molecule has 0 amide bonds. The van der Waals surface area contributed by atoms with Crippen molar-refractivity contribution in [3.8, 4) is 0 Å². The van der Waals surface area contributed by atoms with Crippen molar-refractivity contribution >= 4 is 5.97 Å². The zero-order chi connectivity index (χ0) is 9.44. The Morgan fingerprint density at radius 3 is 1.91 bits per heavy atom. The van der Waals surface area contributed by atoms with E-state index < -0.39 is 12.0 Å². The highest BCUT2D eigenvalue weighted by Gasteiger charge is 2.04. The Balaban J connectivity index is 0. The first-order valence-corrected chi connectivity index (χ1v) is 2.91. The minimum absolute atomic E-state index is 0.250. The molecule has 0 bridgehead atoms. The molecule has 0 heterocycles. The summed E-state index contributed by atoms with van der Waals surface area (Å²) in [5.74, 6) is -0.817. The predicted octanol–water partition coefficient (Wildman–Crippen LogP) is -0.537. The first-order chi connectivity index (χ1) is 4.91. The Bertz CT molecular complexity index is 132. The second-order valence-corrected chi connectivity index (χ2v) is 1.81. The molecule has 0 saturated heterocycles. The maximum absolute atomic E-state index is 9.87. The van der Waals surface area contributed by atoms with E-state index in [-0.39, 0.29) is 4.92 Å². The summed E-state index contributed by atoms with van der Waals surface area (Å²) in [6, 6.07) is -0.431. The number of rotatable bonds is 2. The van der Waals surface area contributed by atoms with Gasteiger partial charge in [0, 0.05) is 0 Å². The van der Waals surface area contributed by atoms with Gasteiger partial charge >= 0.3 is 5.97 Å². The molecule has 0 fully saturated rings. The number of carboxylic acids is 1. The van der Waals surface area contributed by atoms with E-state index in [9.17, 15) is 4.79 Å². The molecule has 66 valence electrons. The standard InChI is InChI=1S/C4H9NO2.CH4NO2/c1-3(5-2)4(6)7;1-2(3)4/h3,5H,1-2H3,(H,6,7);1H3,(H,3,4)/q;+1/t3-;/m0./s1. The molecule has 0 saturated carbocycles. The molecule has 0 aromatic heterocycles. The van der Waals surface area contributed by atoms with Crippen LogP contribution in [0.5, 0.6) is 0 Å². The molecular formula is C5H13N2O4+. The Labute approximate surface area is 64.4 Å². The minimum atomic E-state index is -0.817. The van der Waals surface area contributed by atoms with Gasteiger partial charge in [-0.3, -0.25) is 4.79 Å². The molecule has 0 unspecified atom stereocenters. The van der Waals surface area contributed by atoms with Gasteiger partial charge in [0.05, 0.1) is 4.91 Å². The van der Waals surface area contributed by atoms with E-state index in [1.165, 1.54) is 0 Å². The van der Waals surface area contributed by atoms with Gasteiger partial charge in [-0.2, -0.15) is 0 Å². The number of hydrogen-bond donors (Lipinski definition) is 3. The molecule has 6 nitrogen and oxygen atoms in total. The van der Waals surface area contributed by atoms with Crippen LogP contribution in [0.25, 0.3) is 0 Å². The lowest BCUT2D eigenvalue weighted by atomic mass is 10.4. The zero-order valence-corrected chi connectivity index (χ0v) is 6.74. The molecule has 0 radical (unpaired) electrons. The summed E-state index contributed by atoms with van der Waals surface area (Å²) in [7, 11) is 2.61. The fraction of sp³-hybridized carbons (Fsp3) is 0.800. The van der Waals surface area contributed by atoms with E-state index in [4.69, 9.17) is 15.2 Å². The number of hydrogen-bond acceptors (Lipinski definition) is 3. The van der Waals surface area contributed by atoms with E-state index in [1.807, 2.05) is 0 Å². The highest BCUT2D eigenvalue weighted by molar-refractivity contribution is 5.72. The van der Waals surface area contributed by atoms with Gasteiger partial charge in [-0.25, -0.2) is 5.21 Å². The SMILES string of the molecule is CN[C@@H](C)C(=O)O.C[N+](=O)O. The molecule has 0 aliphatic heterocycles.